The van der Waals surface area contributed by atoms with Crippen LogP contribution >= 0.6 is 0 Å². The number of anilines is 2. The first-order chi connectivity index (χ1) is 22.1. The van der Waals surface area contributed by atoms with Crippen LogP contribution in [0.25, 0.3) is 17.1 Å². The SMILES string of the molecule is C1CCNC1.CCCC.CCOC(=O)/C=C/c1ccc(Nc2nc3ccc(C(=O)N(CCC(C)C)CCC(C)C)cc3n2C)cc1. The number of rotatable bonds is 13. The molecule has 1 saturated heterocycles. The van der Waals surface area contributed by atoms with Gasteiger partial charge in [-0.05, 0) is 99.5 Å². The number of unbranched alkanes of at least 4 members (excludes halogenated alkanes) is 1. The average molecular weight is 634 g/mol. The summed E-state index contributed by atoms with van der Waals surface area (Å²) in [7, 11) is 1.94. The lowest BCUT2D eigenvalue weighted by Crippen LogP contribution is -2.34. The molecule has 2 heterocycles. The van der Waals surface area contributed by atoms with Crippen LogP contribution in [0.4, 0.5) is 11.6 Å². The van der Waals surface area contributed by atoms with Crippen molar-refractivity contribution in [2.75, 3.05) is 38.1 Å². The van der Waals surface area contributed by atoms with Crippen molar-refractivity contribution in [1.82, 2.24) is 19.8 Å². The highest BCUT2D eigenvalue weighted by Gasteiger charge is 2.18. The average Bonchev–Trinajstić information content (AvgIpc) is 3.73. The molecule has 1 aromatic heterocycles. The summed E-state index contributed by atoms with van der Waals surface area (Å²) in [5.41, 5.74) is 4.18. The Labute approximate surface area is 278 Å². The summed E-state index contributed by atoms with van der Waals surface area (Å²) >= 11 is 0. The van der Waals surface area contributed by atoms with E-state index in [1.54, 1.807) is 13.0 Å². The number of nitrogens with zero attached hydrogens (tertiary/aromatic N) is 3. The highest BCUT2D eigenvalue weighted by molar-refractivity contribution is 5.98. The van der Waals surface area contributed by atoms with Gasteiger partial charge < -0.3 is 24.8 Å². The highest BCUT2D eigenvalue weighted by Crippen LogP contribution is 2.24. The first-order valence-electron chi connectivity index (χ1n) is 17.3. The lowest BCUT2D eigenvalue weighted by Gasteiger charge is -2.24. The summed E-state index contributed by atoms with van der Waals surface area (Å²) in [5, 5.41) is 6.57. The number of hydrogen-bond acceptors (Lipinski definition) is 6. The molecule has 254 valence electrons. The van der Waals surface area contributed by atoms with E-state index in [-0.39, 0.29) is 11.9 Å². The molecular weight excluding hydrogens is 574 g/mol. The number of carbonyl (C=O) groups excluding carboxylic acids is 2. The number of ether oxygens (including phenoxy) is 1. The molecule has 1 aliphatic rings. The summed E-state index contributed by atoms with van der Waals surface area (Å²) in [6, 6.07) is 13.4. The summed E-state index contributed by atoms with van der Waals surface area (Å²) in [4.78, 5) is 31.7. The minimum atomic E-state index is -0.356. The van der Waals surface area contributed by atoms with Crippen molar-refractivity contribution in [2.24, 2.45) is 18.9 Å². The molecule has 0 unspecified atom stereocenters. The maximum atomic E-state index is 13.4. The fraction of sp³-hybridized carbons (Fsp3) is 0.553. The van der Waals surface area contributed by atoms with E-state index in [9.17, 15) is 9.59 Å². The monoisotopic (exact) mass is 633 g/mol. The quantitative estimate of drug-likeness (QED) is 0.145. The minimum absolute atomic E-state index is 0.0744. The number of esters is 1. The van der Waals surface area contributed by atoms with Crippen LogP contribution in [0.2, 0.25) is 0 Å². The van der Waals surface area contributed by atoms with Crippen molar-refractivity contribution in [2.45, 2.75) is 87.0 Å². The Morgan fingerprint density at radius 1 is 0.957 bits per heavy atom. The van der Waals surface area contributed by atoms with E-state index in [2.05, 4.69) is 52.2 Å². The molecule has 1 fully saturated rings. The highest BCUT2D eigenvalue weighted by atomic mass is 16.5. The van der Waals surface area contributed by atoms with Gasteiger partial charge in [-0.15, -0.1) is 0 Å². The Kier molecular flexibility index (Phi) is 17.8. The van der Waals surface area contributed by atoms with Gasteiger partial charge in [-0.3, -0.25) is 4.79 Å². The molecule has 8 heteroatoms. The molecule has 4 rings (SSSR count). The van der Waals surface area contributed by atoms with Crippen LogP contribution in [0.5, 0.6) is 0 Å². The van der Waals surface area contributed by atoms with Gasteiger partial charge in [0.1, 0.15) is 0 Å². The third-order valence-corrected chi connectivity index (χ3v) is 7.69. The molecule has 0 atom stereocenters. The zero-order chi connectivity index (χ0) is 33.9. The predicted molar refractivity (Wildman–Crippen MR) is 194 cm³/mol. The molecule has 2 N–H and O–H groups in total. The van der Waals surface area contributed by atoms with Gasteiger partial charge in [-0.25, -0.2) is 9.78 Å². The maximum Gasteiger partial charge on any atom is 0.330 e. The molecular formula is C38H59N5O3. The standard InChI is InChI=1S/C30H40N4O3.C4H9N.C4H10/c1-7-37-28(35)15-10-23-8-12-25(13-9-23)31-30-32-26-14-11-24(20-27(26)33(30)6)29(36)34(18-16-21(2)3)19-17-22(4)5;1-2-4-5-3-1;1-3-4-2/h8-15,20-22H,7,16-19H2,1-6H3,(H,31,32);5H,1-4H2;3-4H2,1-2H3/b15-10+;;. The number of imidazole rings is 1. The lowest BCUT2D eigenvalue weighted by molar-refractivity contribution is -0.137. The normalized spacial score (nSPS) is 12.6. The van der Waals surface area contributed by atoms with Gasteiger partial charge in [-0.1, -0.05) is 66.5 Å². The van der Waals surface area contributed by atoms with E-state index >= 15 is 0 Å². The van der Waals surface area contributed by atoms with Crippen LogP contribution < -0.4 is 10.6 Å². The number of carbonyl (C=O) groups is 2. The number of hydrogen-bond donors (Lipinski definition) is 2. The summed E-state index contributed by atoms with van der Waals surface area (Å²) in [6.45, 7) is 19.3. The van der Waals surface area contributed by atoms with Crippen LogP contribution in [0.3, 0.4) is 0 Å². The molecule has 2 aromatic carbocycles. The Morgan fingerprint density at radius 3 is 2.07 bits per heavy atom. The van der Waals surface area contributed by atoms with Gasteiger partial charge in [0.05, 0.1) is 17.6 Å². The second kappa shape index (κ2) is 21.2. The van der Waals surface area contributed by atoms with E-state index in [0.717, 1.165) is 48.2 Å². The topological polar surface area (TPSA) is 88.5 Å². The lowest BCUT2D eigenvalue weighted by atomic mass is 10.1. The molecule has 0 saturated carbocycles. The minimum Gasteiger partial charge on any atom is -0.463 e. The third kappa shape index (κ3) is 13.8. The molecule has 1 amide bonds. The maximum absolute atomic E-state index is 13.4. The number of fused-ring (bicyclic) bond motifs is 1. The molecule has 46 heavy (non-hydrogen) atoms. The van der Waals surface area contributed by atoms with E-state index < -0.39 is 0 Å². The van der Waals surface area contributed by atoms with Crippen molar-refractivity contribution in [3.63, 3.8) is 0 Å². The molecule has 3 aromatic rings. The van der Waals surface area contributed by atoms with Crippen LogP contribution in [0.1, 0.15) is 103 Å². The number of aryl methyl sites for hydroxylation is 1. The zero-order valence-electron chi connectivity index (χ0n) is 29.7. The molecule has 1 aliphatic heterocycles. The second-order valence-electron chi connectivity index (χ2n) is 12.6. The van der Waals surface area contributed by atoms with Gasteiger partial charge >= 0.3 is 5.97 Å². The van der Waals surface area contributed by atoms with Crippen molar-refractivity contribution >= 4 is 40.6 Å². The van der Waals surface area contributed by atoms with Crippen molar-refractivity contribution in [3.8, 4) is 0 Å². The Hall–Kier alpha value is -3.65. The Bertz CT molecular complexity index is 1320. The van der Waals surface area contributed by atoms with E-state index in [1.165, 1.54) is 44.8 Å². The number of aromatic nitrogens is 2. The molecule has 0 spiro atoms. The van der Waals surface area contributed by atoms with Crippen molar-refractivity contribution in [3.05, 3.63) is 59.7 Å². The fourth-order valence-corrected chi connectivity index (χ4v) is 4.55. The summed E-state index contributed by atoms with van der Waals surface area (Å²) in [6.07, 6.45) is 10.5. The fourth-order valence-electron chi connectivity index (χ4n) is 4.55. The first kappa shape index (κ1) is 38.5. The van der Waals surface area contributed by atoms with E-state index in [0.29, 0.717) is 30.0 Å². The van der Waals surface area contributed by atoms with E-state index in [4.69, 9.17) is 9.72 Å². The number of amides is 1. The molecule has 0 aliphatic carbocycles. The number of nitrogens with one attached hydrogen (secondary N) is 2. The summed E-state index contributed by atoms with van der Waals surface area (Å²) < 4.78 is 6.88. The smallest absolute Gasteiger partial charge is 0.330 e. The van der Waals surface area contributed by atoms with Gasteiger partial charge in [0, 0.05) is 37.5 Å². The largest absolute Gasteiger partial charge is 0.463 e. The third-order valence-electron chi connectivity index (χ3n) is 7.69. The van der Waals surface area contributed by atoms with Crippen LogP contribution in [-0.2, 0) is 16.6 Å². The van der Waals surface area contributed by atoms with Crippen LogP contribution in [0, 0.1) is 11.8 Å². The molecule has 8 nitrogen and oxygen atoms in total. The number of benzene rings is 2. The molecule has 0 bridgehead atoms. The summed E-state index contributed by atoms with van der Waals surface area (Å²) in [5.74, 6) is 1.50. The predicted octanol–water partition coefficient (Wildman–Crippen LogP) is 8.60. The van der Waals surface area contributed by atoms with Gasteiger partial charge in [0.2, 0.25) is 5.95 Å². The Morgan fingerprint density at radius 2 is 1.57 bits per heavy atom. The van der Waals surface area contributed by atoms with Gasteiger partial charge in [0.15, 0.2) is 0 Å². The van der Waals surface area contributed by atoms with Crippen molar-refractivity contribution in [1.29, 1.82) is 0 Å². The first-order valence-corrected chi connectivity index (χ1v) is 17.3. The molecule has 0 radical (unpaired) electrons. The zero-order valence-corrected chi connectivity index (χ0v) is 29.7. The van der Waals surface area contributed by atoms with Crippen LogP contribution in [0.15, 0.2) is 48.5 Å². The van der Waals surface area contributed by atoms with Crippen molar-refractivity contribution < 1.29 is 14.3 Å². The Balaban J connectivity index is 0.000000709. The van der Waals surface area contributed by atoms with Crippen LogP contribution in [-0.4, -0.2) is 59.1 Å². The van der Waals surface area contributed by atoms with Gasteiger partial charge in [0.25, 0.3) is 5.91 Å². The van der Waals surface area contributed by atoms with Gasteiger partial charge in [-0.2, -0.15) is 0 Å². The van der Waals surface area contributed by atoms with E-state index in [1.807, 2.05) is 59.0 Å². The second-order valence-corrected chi connectivity index (χ2v) is 12.6.